The van der Waals surface area contributed by atoms with Gasteiger partial charge in [-0.2, -0.15) is 0 Å². The van der Waals surface area contributed by atoms with Gasteiger partial charge in [-0.3, -0.25) is 0 Å². The normalized spacial score (nSPS) is 12.2. The van der Waals surface area contributed by atoms with E-state index in [0.717, 1.165) is 22.6 Å². The van der Waals surface area contributed by atoms with E-state index in [1.54, 1.807) is 0 Å². The summed E-state index contributed by atoms with van der Waals surface area (Å²) in [5, 5.41) is 13.2. The maximum absolute atomic E-state index is 10.1. The van der Waals surface area contributed by atoms with Crippen LogP contribution in [0.4, 0.5) is 5.82 Å². The van der Waals surface area contributed by atoms with Crippen molar-refractivity contribution >= 4 is 5.82 Å². The largest absolute Gasteiger partial charge is 0.387 e. The van der Waals surface area contributed by atoms with Crippen LogP contribution in [-0.2, 0) is 0 Å². The van der Waals surface area contributed by atoms with Crippen molar-refractivity contribution in [2.45, 2.75) is 20.0 Å². The highest BCUT2D eigenvalue weighted by molar-refractivity contribution is 5.36. The number of nitrogens with zero attached hydrogens (tertiary/aromatic N) is 2. The van der Waals surface area contributed by atoms with Gasteiger partial charge in [0.1, 0.15) is 12.1 Å². The number of aryl methyl sites for hydroxylation is 2. The number of aliphatic hydroxyl groups is 1. The molecule has 0 fully saturated rings. The van der Waals surface area contributed by atoms with E-state index in [1.807, 2.05) is 44.2 Å². The number of aromatic nitrogens is 2. The molecule has 0 bridgehead atoms. The summed E-state index contributed by atoms with van der Waals surface area (Å²) < 4.78 is 0. The van der Waals surface area contributed by atoms with Crippen LogP contribution in [0.15, 0.2) is 36.7 Å². The summed E-state index contributed by atoms with van der Waals surface area (Å²) in [4.78, 5) is 8.12. The van der Waals surface area contributed by atoms with Crippen molar-refractivity contribution in [1.29, 1.82) is 0 Å². The first kappa shape index (κ1) is 12.5. The zero-order chi connectivity index (χ0) is 13.0. The minimum Gasteiger partial charge on any atom is -0.387 e. The van der Waals surface area contributed by atoms with E-state index in [2.05, 4.69) is 15.3 Å². The first-order valence-electron chi connectivity index (χ1n) is 5.93. The first-order chi connectivity index (χ1) is 8.66. The molecule has 4 nitrogen and oxygen atoms in total. The van der Waals surface area contributed by atoms with E-state index in [-0.39, 0.29) is 0 Å². The van der Waals surface area contributed by atoms with Crippen molar-refractivity contribution in [2.75, 3.05) is 11.9 Å². The number of aliphatic hydroxyl groups excluding tert-OH is 1. The van der Waals surface area contributed by atoms with Gasteiger partial charge in [0.2, 0.25) is 0 Å². The van der Waals surface area contributed by atoms with E-state index in [1.165, 1.54) is 6.33 Å². The van der Waals surface area contributed by atoms with E-state index in [9.17, 15) is 5.11 Å². The van der Waals surface area contributed by atoms with E-state index < -0.39 is 6.10 Å². The Morgan fingerprint density at radius 2 is 2.00 bits per heavy atom. The molecule has 1 unspecified atom stereocenters. The molecule has 1 heterocycles. The van der Waals surface area contributed by atoms with Crippen LogP contribution in [-0.4, -0.2) is 21.6 Å². The number of hydrogen-bond donors (Lipinski definition) is 2. The first-order valence-corrected chi connectivity index (χ1v) is 5.93. The summed E-state index contributed by atoms with van der Waals surface area (Å²) in [6.07, 6.45) is 0.971. The molecule has 0 amide bonds. The van der Waals surface area contributed by atoms with Gasteiger partial charge in [-0.05, 0) is 25.0 Å². The number of anilines is 1. The van der Waals surface area contributed by atoms with Crippen LogP contribution in [0.25, 0.3) is 0 Å². The summed E-state index contributed by atoms with van der Waals surface area (Å²) in [5.41, 5.74) is 2.93. The van der Waals surface area contributed by atoms with Crippen molar-refractivity contribution in [3.05, 3.63) is 53.5 Å². The van der Waals surface area contributed by atoms with Gasteiger partial charge in [0.25, 0.3) is 0 Å². The second-order valence-corrected chi connectivity index (χ2v) is 4.30. The summed E-state index contributed by atoms with van der Waals surface area (Å²) in [6.45, 7) is 4.33. The molecule has 0 saturated heterocycles. The lowest BCUT2D eigenvalue weighted by Gasteiger charge is -2.14. The number of rotatable bonds is 4. The van der Waals surface area contributed by atoms with Crippen LogP contribution < -0.4 is 5.32 Å². The minimum absolute atomic E-state index is 0.432. The standard InChI is InChI=1S/C14H17N3O/c1-10-5-3-4-6-12(10)13(18)8-15-14-7-11(2)16-9-17-14/h3-7,9,13,18H,8H2,1-2H3,(H,15,16,17). The molecule has 0 radical (unpaired) electrons. The predicted molar refractivity (Wildman–Crippen MR) is 71.4 cm³/mol. The molecule has 0 aliphatic carbocycles. The van der Waals surface area contributed by atoms with Gasteiger partial charge in [-0.25, -0.2) is 9.97 Å². The summed E-state index contributed by atoms with van der Waals surface area (Å²) in [5.74, 6) is 0.732. The summed E-state index contributed by atoms with van der Waals surface area (Å²) >= 11 is 0. The van der Waals surface area contributed by atoms with Crippen molar-refractivity contribution in [3.8, 4) is 0 Å². The molecule has 1 aromatic heterocycles. The molecule has 4 heteroatoms. The fourth-order valence-electron chi connectivity index (χ4n) is 1.82. The number of benzene rings is 1. The average Bonchev–Trinajstić information content (AvgIpc) is 2.37. The topological polar surface area (TPSA) is 58.0 Å². The van der Waals surface area contributed by atoms with Crippen LogP contribution in [0.1, 0.15) is 22.9 Å². The Kier molecular flexibility index (Phi) is 3.89. The quantitative estimate of drug-likeness (QED) is 0.864. The third-order valence-corrected chi connectivity index (χ3v) is 2.83. The maximum Gasteiger partial charge on any atom is 0.129 e. The van der Waals surface area contributed by atoms with E-state index in [4.69, 9.17) is 0 Å². The van der Waals surface area contributed by atoms with Crippen LogP contribution in [0.2, 0.25) is 0 Å². The molecule has 2 rings (SSSR count). The fraction of sp³-hybridized carbons (Fsp3) is 0.286. The Hall–Kier alpha value is -1.94. The summed E-state index contributed by atoms with van der Waals surface area (Å²) in [6, 6.07) is 9.68. The molecule has 0 spiro atoms. The molecule has 0 saturated carbocycles. The Bertz CT molecular complexity index is 528. The van der Waals surface area contributed by atoms with Crippen LogP contribution in [0.5, 0.6) is 0 Å². The minimum atomic E-state index is -0.540. The van der Waals surface area contributed by atoms with Gasteiger partial charge >= 0.3 is 0 Å². The molecule has 2 N–H and O–H groups in total. The maximum atomic E-state index is 10.1. The Balaban J connectivity index is 2.00. The average molecular weight is 243 g/mol. The van der Waals surface area contributed by atoms with Gasteiger partial charge in [0.15, 0.2) is 0 Å². The molecular formula is C14H17N3O. The fourth-order valence-corrected chi connectivity index (χ4v) is 1.82. The van der Waals surface area contributed by atoms with Gasteiger partial charge in [0, 0.05) is 18.3 Å². The van der Waals surface area contributed by atoms with E-state index >= 15 is 0 Å². The van der Waals surface area contributed by atoms with Crippen molar-refractivity contribution in [1.82, 2.24) is 9.97 Å². The monoisotopic (exact) mass is 243 g/mol. The molecule has 2 aromatic rings. The molecular weight excluding hydrogens is 226 g/mol. The molecule has 94 valence electrons. The third-order valence-electron chi connectivity index (χ3n) is 2.83. The Labute approximate surface area is 107 Å². The lowest BCUT2D eigenvalue weighted by molar-refractivity contribution is 0.191. The van der Waals surface area contributed by atoms with Crippen LogP contribution in [0, 0.1) is 13.8 Å². The summed E-state index contributed by atoms with van der Waals surface area (Å²) in [7, 11) is 0. The van der Waals surface area contributed by atoms with Crippen LogP contribution >= 0.6 is 0 Å². The van der Waals surface area contributed by atoms with Crippen molar-refractivity contribution < 1.29 is 5.11 Å². The highest BCUT2D eigenvalue weighted by Crippen LogP contribution is 2.17. The molecule has 1 aromatic carbocycles. The highest BCUT2D eigenvalue weighted by Gasteiger charge is 2.09. The second-order valence-electron chi connectivity index (χ2n) is 4.30. The van der Waals surface area contributed by atoms with Crippen LogP contribution in [0.3, 0.4) is 0 Å². The number of hydrogen-bond acceptors (Lipinski definition) is 4. The van der Waals surface area contributed by atoms with Gasteiger partial charge in [-0.15, -0.1) is 0 Å². The zero-order valence-corrected chi connectivity index (χ0v) is 10.6. The smallest absolute Gasteiger partial charge is 0.129 e. The van der Waals surface area contributed by atoms with Gasteiger partial charge in [0.05, 0.1) is 6.10 Å². The Morgan fingerprint density at radius 1 is 1.22 bits per heavy atom. The van der Waals surface area contributed by atoms with Crippen molar-refractivity contribution in [2.24, 2.45) is 0 Å². The highest BCUT2D eigenvalue weighted by atomic mass is 16.3. The molecule has 0 aliphatic rings. The lowest BCUT2D eigenvalue weighted by atomic mass is 10.0. The second kappa shape index (κ2) is 5.60. The third kappa shape index (κ3) is 3.05. The predicted octanol–water partition coefficient (Wildman–Crippen LogP) is 2.24. The lowest BCUT2D eigenvalue weighted by Crippen LogP contribution is -2.14. The van der Waals surface area contributed by atoms with Crippen molar-refractivity contribution in [3.63, 3.8) is 0 Å². The van der Waals surface area contributed by atoms with Gasteiger partial charge in [-0.1, -0.05) is 24.3 Å². The number of nitrogens with one attached hydrogen (secondary N) is 1. The molecule has 0 aliphatic heterocycles. The molecule has 1 atom stereocenters. The SMILES string of the molecule is Cc1cc(NCC(O)c2ccccc2C)ncn1. The molecule has 18 heavy (non-hydrogen) atoms. The van der Waals surface area contributed by atoms with Gasteiger partial charge < -0.3 is 10.4 Å². The van der Waals surface area contributed by atoms with E-state index in [0.29, 0.717) is 6.54 Å². The zero-order valence-electron chi connectivity index (χ0n) is 10.6. The Morgan fingerprint density at radius 3 is 2.72 bits per heavy atom.